The summed E-state index contributed by atoms with van der Waals surface area (Å²) in [6, 6.07) is 87.5. The minimum absolute atomic E-state index is 0.0268. The summed E-state index contributed by atoms with van der Waals surface area (Å²) in [5.74, 6) is -0.778. The van der Waals surface area contributed by atoms with Gasteiger partial charge in [0.25, 0.3) is 0 Å². The normalized spacial score (nSPS) is 15.2. The van der Waals surface area contributed by atoms with Gasteiger partial charge in [0.05, 0.1) is 75.4 Å². The first-order chi connectivity index (χ1) is 59.9. The molecule has 2 aliphatic rings. The zero-order valence-electron chi connectivity index (χ0n) is 74.7. The second-order valence-electron chi connectivity index (χ2n) is 30.0. The molecule has 0 bridgehead atoms. The molecular weight excluding hydrogens is 1330 g/mol. The van der Waals surface area contributed by atoms with Gasteiger partial charge in [-0.25, -0.2) is 0 Å². The topological polar surface area (TPSA) is 29.5 Å². The number of rotatable bonds is 9. The van der Waals surface area contributed by atoms with E-state index in [1.807, 2.05) is 103 Å². The molecule has 0 aliphatic carbocycles. The molecule has 20 aromatic rings. The number of hydrogen-bond acceptors (Lipinski definition) is 3. The highest BCUT2D eigenvalue weighted by molar-refractivity contribution is 6.17. The first-order valence-electron chi connectivity index (χ1n) is 44.3. The Morgan fingerprint density at radius 3 is 1.41 bits per heavy atom. The molecule has 0 amide bonds. The van der Waals surface area contributed by atoms with Crippen molar-refractivity contribution in [3.8, 4) is 67.0 Å². The third kappa shape index (κ3) is 9.73. The van der Waals surface area contributed by atoms with E-state index >= 15 is 0 Å². The maximum absolute atomic E-state index is 10.1. The van der Waals surface area contributed by atoms with Crippen LogP contribution in [-0.4, -0.2) is 9.13 Å². The van der Waals surface area contributed by atoms with Crippen molar-refractivity contribution in [2.24, 2.45) is 0 Å². The van der Waals surface area contributed by atoms with Crippen LogP contribution in [-0.2, 0) is 5.41 Å². The molecule has 3 aromatic heterocycles. The Balaban J connectivity index is 0.968. The third-order valence-corrected chi connectivity index (χ3v) is 22.6. The van der Waals surface area contributed by atoms with Crippen LogP contribution in [0, 0.1) is 13.8 Å². The lowest BCUT2D eigenvalue weighted by Crippen LogP contribution is -2.30. The van der Waals surface area contributed by atoms with E-state index in [0.29, 0.717) is 28.3 Å². The number of hydrogen-bond donors (Lipinski definition) is 0. The Kier molecular flexibility index (Phi) is 11.2. The molecule has 0 N–H and O–H groups in total. The minimum atomic E-state index is -0.778. The second-order valence-corrected chi connectivity index (χ2v) is 30.0. The lowest BCUT2D eigenvalue weighted by Gasteiger charge is -2.47. The molecule has 22 rings (SSSR count). The molecule has 1 atom stereocenters. The van der Waals surface area contributed by atoms with Crippen LogP contribution in [0.3, 0.4) is 0 Å². The molecule has 1 unspecified atom stereocenters. The summed E-state index contributed by atoms with van der Waals surface area (Å²) in [6.45, 7) is 9.85. The quantitative estimate of drug-likeness (QED) is 0.135. The van der Waals surface area contributed by atoms with E-state index in [4.69, 9.17) is 4.42 Å². The Bertz CT molecular complexity index is 7920. The SMILES string of the molecule is [2H]c1c([2H])c([2H])c2c(c1[2H])c1c([2H])c(C)c([2H])c([2H])c1n2-c1ccc2c(c1)N(c1c(-c3ccccc3)cc(C(C)(C)C)cc1-c1ccccc1)c1cc(-c3ccc4oc5ccccc5c4c3)cc3c1C2c1ccc(-n2c4c([2H])c([2H])c([2H])c([2H])c4c4c([2H])c(C)c([2H])c([2H])c42)cc1N3c1c(-c2ccccc2)cccc1-c1cccc2c1ccc1ccccc12. The van der Waals surface area contributed by atoms with Gasteiger partial charge >= 0.3 is 0 Å². The molecule has 5 nitrogen and oxygen atoms in total. The molecule has 0 saturated heterocycles. The van der Waals surface area contributed by atoms with Gasteiger partial charge in [0, 0.05) is 77.4 Å². The smallest absolute Gasteiger partial charge is 0.135 e. The molecule has 0 saturated carbocycles. The molecule has 5 heteroatoms. The van der Waals surface area contributed by atoms with E-state index in [0.717, 1.165) is 139 Å². The fraction of sp³-hybridized carbons (Fsp3) is 0.0667. The van der Waals surface area contributed by atoms with Crippen molar-refractivity contribution in [2.45, 2.75) is 46.0 Å². The number of furan rings is 1. The summed E-state index contributed by atoms with van der Waals surface area (Å²) < 4.78 is 146. The van der Waals surface area contributed by atoms with Crippen LogP contribution in [0.15, 0.2) is 356 Å². The summed E-state index contributed by atoms with van der Waals surface area (Å²) in [5, 5.41) is 6.29. The van der Waals surface area contributed by atoms with Gasteiger partial charge in [-0.3, -0.25) is 0 Å². The average Bonchev–Trinajstić information content (AvgIpc) is 0.942. The van der Waals surface area contributed by atoms with Crippen LogP contribution >= 0.6 is 0 Å². The predicted molar refractivity (Wildman–Crippen MR) is 463 cm³/mol. The number of aromatic nitrogens is 2. The van der Waals surface area contributed by atoms with Gasteiger partial charge < -0.3 is 23.4 Å². The van der Waals surface area contributed by atoms with E-state index in [-0.39, 0.29) is 103 Å². The zero-order chi connectivity index (χ0) is 85.4. The largest absolute Gasteiger partial charge is 0.456 e. The highest BCUT2D eigenvalue weighted by Crippen LogP contribution is 2.65. The lowest BCUT2D eigenvalue weighted by molar-refractivity contribution is 0.591. The molecule has 110 heavy (non-hydrogen) atoms. The molecule has 2 aliphatic heterocycles. The first-order valence-corrected chi connectivity index (χ1v) is 37.3. The summed E-state index contributed by atoms with van der Waals surface area (Å²) in [4.78, 5) is 4.75. The standard InChI is InChI=1S/C105H74N4O/c1-64-43-52-93-88(55-64)80-33-17-20-40-91(80)106(93)73-47-50-84-95(62-73)108(103-76(66-25-9-6-10-26-66)36-23-39-83(103)78-38-24-37-77-75-32-16-15-31-69(75)45-49-79(77)78)97-58-71(70-46-54-100-90(57-70)82-35-19-22-42-99(82)110-100)59-98-102(97)101(84)85-51-48-74(107-92-41-21-18-34-81(92)89-56-65(2)44-53-94(89)107)63-96(85)109(98)104-86(67-27-11-7-12-28-67)60-72(105(3,4)5)61-87(104)68-29-13-8-14-30-68/h6-63,101H,1-5H3/i17D,18D,20D,21D,33D,34D,40D,41D,43D,44D,52D,53D,55D,56D. The van der Waals surface area contributed by atoms with Gasteiger partial charge in [-0.05, 0) is 194 Å². The number of fused-ring (bicyclic) bond motifs is 16. The first kappa shape index (κ1) is 50.7. The fourth-order valence-electron chi connectivity index (χ4n) is 17.6. The summed E-state index contributed by atoms with van der Waals surface area (Å²) in [6.07, 6.45) is 0. The Morgan fingerprint density at radius 1 is 0.318 bits per heavy atom. The van der Waals surface area contributed by atoms with E-state index in [9.17, 15) is 19.2 Å². The number of anilines is 6. The molecule has 0 spiro atoms. The van der Waals surface area contributed by atoms with E-state index in [1.54, 1.807) is 23.0 Å². The van der Waals surface area contributed by atoms with Crippen molar-refractivity contribution in [2.75, 3.05) is 9.80 Å². The molecular formula is C105H74N4O. The lowest BCUT2D eigenvalue weighted by atomic mass is 9.74. The van der Waals surface area contributed by atoms with Crippen LogP contribution < -0.4 is 9.80 Å². The third-order valence-electron chi connectivity index (χ3n) is 22.6. The monoisotopic (exact) mass is 1420 g/mol. The van der Waals surface area contributed by atoms with Crippen molar-refractivity contribution in [3.63, 3.8) is 0 Å². The Hall–Kier alpha value is -13.7. The van der Waals surface area contributed by atoms with Crippen molar-refractivity contribution < 1.29 is 23.6 Å². The van der Waals surface area contributed by atoms with Gasteiger partial charge in [0.15, 0.2) is 0 Å². The Morgan fingerprint density at radius 2 is 0.809 bits per heavy atom. The van der Waals surface area contributed by atoms with Crippen LogP contribution in [0.4, 0.5) is 34.1 Å². The van der Waals surface area contributed by atoms with Crippen LogP contribution in [0.2, 0.25) is 0 Å². The Labute approximate surface area is 658 Å². The molecule has 5 heterocycles. The molecule has 520 valence electrons. The zero-order valence-corrected chi connectivity index (χ0v) is 60.7. The van der Waals surface area contributed by atoms with Crippen molar-refractivity contribution in [1.29, 1.82) is 0 Å². The predicted octanol–water partition coefficient (Wildman–Crippen LogP) is 29.1. The highest BCUT2D eigenvalue weighted by atomic mass is 16.3. The molecule has 0 fully saturated rings. The summed E-state index contributed by atoms with van der Waals surface area (Å²) in [7, 11) is 0. The van der Waals surface area contributed by atoms with Gasteiger partial charge in [-0.15, -0.1) is 0 Å². The maximum Gasteiger partial charge on any atom is 0.135 e. The van der Waals surface area contributed by atoms with Crippen LogP contribution in [0.1, 0.15) is 79.3 Å². The van der Waals surface area contributed by atoms with Crippen molar-refractivity contribution in [1.82, 2.24) is 9.13 Å². The van der Waals surface area contributed by atoms with E-state index in [2.05, 4.69) is 194 Å². The summed E-state index contributed by atoms with van der Waals surface area (Å²) >= 11 is 0. The van der Waals surface area contributed by atoms with Gasteiger partial charge in [-0.2, -0.15) is 0 Å². The fourth-order valence-corrected chi connectivity index (χ4v) is 17.6. The summed E-state index contributed by atoms with van der Waals surface area (Å²) in [5.41, 5.74) is 18.6. The highest BCUT2D eigenvalue weighted by Gasteiger charge is 2.44. The van der Waals surface area contributed by atoms with Gasteiger partial charge in [-0.1, -0.05) is 280 Å². The molecule has 17 aromatic carbocycles. The number of nitrogens with zero attached hydrogens (tertiary/aromatic N) is 4. The minimum Gasteiger partial charge on any atom is -0.456 e. The van der Waals surface area contributed by atoms with E-state index in [1.165, 1.54) is 0 Å². The van der Waals surface area contributed by atoms with Crippen LogP contribution in [0.25, 0.3) is 154 Å². The number of para-hydroxylation sites is 4. The van der Waals surface area contributed by atoms with Crippen molar-refractivity contribution in [3.05, 3.63) is 385 Å². The van der Waals surface area contributed by atoms with Gasteiger partial charge in [0.1, 0.15) is 11.2 Å². The molecule has 0 radical (unpaired) electrons. The second kappa shape index (κ2) is 24.4. The van der Waals surface area contributed by atoms with E-state index < -0.39 is 47.6 Å². The van der Waals surface area contributed by atoms with Crippen molar-refractivity contribution >= 4 is 121 Å². The average molecular weight is 1420 g/mol. The maximum atomic E-state index is 10.1. The van der Waals surface area contributed by atoms with Gasteiger partial charge in [0.2, 0.25) is 0 Å². The van der Waals surface area contributed by atoms with Crippen LogP contribution in [0.5, 0.6) is 0 Å². The number of benzene rings is 17.